The van der Waals surface area contributed by atoms with Gasteiger partial charge in [-0.15, -0.1) is 0 Å². The molecule has 0 saturated heterocycles. The van der Waals surface area contributed by atoms with E-state index in [0.29, 0.717) is 17.5 Å². The number of aryl methyl sites for hydroxylation is 1. The molecule has 248 valence electrons. The number of fused-ring (bicyclic) bond motifs is 9. The average Bonchev–Trinajstić information content (AvgIpc) is 3.58. The Labute approximate surface area is 306 Å². The minimum Gasteiger partial charge on any atom is -0.309 e. The molecule has 0 saturated carbocycles. The van der Waals surface area contributed by atoms with Gasteiger partial charge in [0.1, 0.15) is 0 Å². The monoisotopic (exact) mass is 676 g/mol. The first-order valence-corrected chi connectivity index (χ1v) is 18.2. The molecule has 0 spiro atoms. The Hall–Kier alpha value is -6.91. The van der Waals surface area contributed by atoms with E-state index in [1.54, 1.807) is 0 Å². The summed E-state index contributed by atoms with van der Waals surface area (Å²) in [5.74, 6) is 1.98. The highest BCUT2D eigenvalue weighted by molar-refractivity contribution is 6.28. The lowest BCUT2D eigenvalue weighted by Gasteiger charge is -2.13. The Balaban J connectivity index is 1.09. The van der Waals surface area contributed by atoms with E-state index in [1.165, 1.54) is 59.9 Å². The van der Waals surface area contributed by atoms with E-state index >= 15 is 0 Å². The van der Waals surface area contributed by atoms with Gasteiger partial charge in [0.05, 0.1) is 11.0 Å². The highest BCUT2D eigenvalue weighted by atomic mass is 15.0. The second-order valence-electron chi connectivity index (χ2n) is 14.0. The zero-order valence-electron chi connectivity index (χ0n) is 28.9. The fourth-order valence-electron chi connectivity index (χ4n) is 8.24. The standard InChI is InChI=1S/C49H32N4/c1-3-13-36-29-38(19-17-31(36)9-1)48-50-47(51-49(52-48)39-20-18-32-10-2-4-14-37(32)30-39)35-21-25-40(26-22-35)53-43-27-23-33-11-5-7-15-41(33)45(43)46-42-16-8-6-12-34(42)24-28-44(46)53/h1,3-9,11-30H,2,10H2. The molecular weight excluding hydrogens is 645 g/mol. The molecule has 0 radical (unpaired) electrons. The topological polar surface area (TPSA) is 43.6 Å². The molecule has 11 rings (SSSR count). The number of benzene rings is 8. The quantitative estimate of drug-likeness (QED) is 0.186. The molecule has 0 atom stereocenters. The summed E-state index contributed by atoms with van der Waals surface area (Å²) in [6, 6.07) is 56.5. The van der Waals surface area contributed by atoms with Gasteiger partial charge in [0.25, 0.3) is 0 Å². The van der Waals surface area contributed by atoms with Crippen molar-refractivity contribution < 1.29 is 0 Å². The molecule has 2 heterocycles. The molecule has 0 fully saturated rings. The Morgan fingerprint density at radius 1 is 0.434 bits per heavy atom. The zero-order chi connectivity index (χ0) is 34.9. The van der Waals surface area contributed by atoms with Gasteiger partial charge in [0.2, 0.25) is 0 Å². The van der Waals surface area contributed by atoms with Crippen molar-refractivity contribution in [2.45, 2.75) is 12.8 Å². The minimum absolute atomic E-state index is 0.650. The molecule has 53 heavy (non-hydrogen) atoms. The fraction of sp³-hybridized carbons (Fsp3) is 0.0408. The predicted octanol–water partition coefficient (Wildman–Crippen LogP) is 12.4. The van der Waals surface area contributed by atoms with Crippen LogP contribution in [0.2, 0.25) is 0 Å². The van der Waals surface area contributed by atoms with Crippen molar-refractivity contribution >= 4 is 60.2 Å². The van der Waals surface area contributed by atoms with Crippen molar-refractivity contribution in [2.24, 2.45) is 0 Å². The van der Waals surface area contributed by atoms with E-state index in [1.807, 2.05) is 0 Å². The lowest BCUT2D eigenvalue weighted by molar-refractivity contribution is 0.985. The second-order valence-corrected chi connectivity index (χ2v) is 14.0. The van der Waals surface area contributed by atoms with Crippen LogP contribution in [0.1, 0.15) is 17.5 Å². The van der Waals surface area contributed by atoms with Gasteiger partial charge >= 0.3 is 0 Å². The van der Waals surface area contributed by atoms with Gasteiger partial charge in [0.15, 0.2) is 17.5 Å². The molecule has 4 nitrogen and oxygen atoms in total. The highest BCUT2D eigenvalue weighted by Gasteiger charge is 2.19. The predicted molar refractivity (Wildman–Crippen MR) is 220 cm³/mol. The summed E-state index contributed by atoms with van der Waals surface area (Å²) in [4.78, 5) is 15.3. The molecule has 0 unspecified atom stereocenters. The van der Waals surface area contributed by atoms with Crippen LogP contribution in [0.25, 0.3) is 100 Å². The summed E-state index contributed by atoms with van der Waals surface area (Å²) in [7, 11) is 0. The summed E-state index contributed by atoms with van der Waals surface area (Å²) < 4.78 is 2.40. The number of rotatable bonds is 4. The van der Waals surface area contributed by atoms with Crippen LogP contribution in [0.3, 0.4) is 0 Å². The van der Waals surface area contributed by atoms with Crippen molar-refractivity contribution in [3.63, 3.8) is 0 Å². The molecule has 0 N–H and O–H groups in total. The summed E-state index contributed by atoms with van der Waals surface area (Å²) in [6.45, 7) is 0. The Kier molecular flexibility index (Phi) is 6.65. The van der Waals surface area contributed by atoms with E-state index in [0.717, 1.165) is 40.6 Å². The van der Waals surface area contributed by atoms with Gasteiger partial charge in [0, 0.05) is 33.2 Å². The van der Waals surface area contributed by atoms with Gasteiger partial charge in [-0.3, -0.25) is 0 Å². The van der Waals surface area contributed by atoms with Gasteiger partial charge in [-0.2, -0.15) is 0 Å². The molecule has 4 heteroatoms. The Bertz CT molecular complexity index is 3020. The first-order valence-electron chi connectivity index (χ1n) is 18.2. The fourth-order valence-corrected chi connectivity index (χ4v) is 8.24. The first kappa shape index (κ1) is 29.8. The third kappa shape index (κ3) is 4.87. The molecule has 1 aliphatic rings. The molecule has 0 amide bonds. The van der Waals surface area contributed by atoms with Crippen LogP contribution in [0.15, 0.2) is 164 Å². The lowest BCUT2D eigenvalue weighted by atomic mass is 9.95. The van der Waals surface area contributed by atoms with Crippen molar-refractivity contribution in [3.05, 3.63) is 175 Å². The van der Waals surface area contributed by atoms with Crippen LogP contribution in [-0.4, -0.2) is 19.5 Å². The smallest absolute Gasteiger partial charge is 0.164 e. The van der Waals surface area contributed by atoms with Crippen molar-refractivity contribution in [1.29, 1.82) is 0 Å². The highest BCUT2D eigenvalue weighted by Crippen LogP contribution is 2.41. The second kappa shape index (κ2) is 11.8. The Morgan fingerprint density at radius 3 is 1.64 bits per heavy atom. The molecule has 1 aliphatic carbocycles. The molecule has 2 aromatic heterocycles. The molecule has 0 aliphatic heterocycles. The maximum Gasteiger partial charge on any atom is 0.164 e. The number of hydrogen-bond acceptors (Lipinski definition) is 3. The summed E-state index contributed by atoms with van der Waals surface area (Å²) >= 11 is 0. The third-order valence-electron chi connectivity index (χ3n) is 10.9. The summed E-state index contributed by atoms with van der Waals surface area (Å²) in [5.41, 5.74) is 8.95. The van der Waals surface area contributed by atoms with E-state index < -0.39 is 0 Å². The normalized spacial score (nSPS) is 12.7. The zero-order valence-corrected chi connectivity index (χ0v) is 28.9. The summed E-state index contributed by atoms with van der Waals surface area (Å²) in [5, 5.41) is 9.91. The SMILES string of the molecule is C1=Cc2cc(-c3nc(-c4ccc(-n5c6ccc7ccccc7c6c6c7ccccc7ccc65)cc4)nc(-c4ccc5ccccc5c4)n3)ccc2CC1. The van der Waals surface area contributed by atoms with Crippen LogP contribution in [0.5, 0.6) is 0 Å². The van der Waals surface area contributed by atoms with Crippen LogP contribution < -0.4 is 0 Å². The van der Waals surface area contributed by atoms with Gasteiger partial charge in [-0.25, -0.2) is 15.0 Å². The van der Waals surface area contributed by atoms with Gasteiger partial charge in [-0.1, -0.05) is 121 Å². The number of hydrogen-bond donors (Lipinski definition) is 0. The minimum atomic E-state index is 0.650. The number of allylic oxidation sites excluding steroid dienone is 1. The first-order chi connectivity index (χ1) is 26.2. The maximum absolute atomic E-state index is 5.12. The van der Waals surface area contributed by atoms with Crippen LogP contribution in [-0.2, 0) is 6.42 Å². The maximum atomic E-state index is 5.12. The van der Waals surface area contributed by atoms with Crippen LogP contribution in [0.4, 0.5) is 0 Å². The van der Waals surface area contributed by atoms with Gasteiger partial charge in [-0.05, 0) is 105 Å². The molecule has 8 aromatic carbocycles. The van der Waals surface area contributed by atoms with Gasteiger partial charge < -0.3 is 4.57 Å². The Morgan fingerprint density at radius 2 is 0.962 bits per heavy atom. The summed E-state index contributed by atoms with van der Waals surface area (Å²) in [6.07, 6.45) is 6.59. The van der Waals surface area contributed by atoms with E-state index in [9.17, 15) is 0 Å². The van der Waals surface area contributed by atoms with Crippen molar-refractivity contribution in [2.75, 3.05) is 0 Å². The molecule has 10 aromatic rings. The molecular formula is C49H32N4. The number of nitrogens with zero attached hydrogens (tertiary/aromatic N) is 4. The molecule has 0 bridgehead atoms. The van der Waals surface area contributed by atoms with Crippen LogP contribution in [0, 0.1) is 0 Å². The third-order valence-corrected chi connectivity index (χ3v) is 10.9. The van der Waals surface area contributed by atoms with Crippen molar-refractivity contribution in [3.8, 4) is 39.9 Å². The largest absolute Gasteiger partial charge is 0.309 e. The lowest BCUT2D eigenvalue weighted by Crippen LogP contribution is -2.02. The van der Waals surface area contributed by atoms with E-state index in [-0.39, 0.29) is 0 Å². The average molecular weight is 677 g/mol. The number of aromatic nitrogens is 4. The van der Waals surface area contributed by atoms with E-state index in [2.05, 4.69) is 174 Å². The van der Waals surface area contributed by atoms with E-state index in [4.69, 9.17) is 15.0 Å². The van der Waals surface area contributed by atoms with Crippen LogP contribution >= 0.6 is 0 Å². The van der Waals surface area contributed by atoms with Crippen molar-refractivity contribution in [1.82, 2.24) is 19.5 Å².